The number of alkyl halides is 3. The van der Waals surface area contributed by atoms with E-state index in [2.05, 4.69) is 9.97 Å². The number of fused-ring (bicyclic) bond motifs is 1. The van der Waals surface area contributed by atoms with Crippen molar-refractivity contribution >= 4 is 17.1 Å². The molecule has 0 atom stereocenters. The van der Waals surface area contributed by atoms with Gasteiger partial charge in [0.05, 0.1) is 23.1 Å². The second-order valence-electron chi connectivity index (χ2n) is 5.81. The first kappa shape index (κ1) is 17.8. The summed E-state index contributed by atoms with van der Waals surface area (Å²) in [6.07, 6.45) is -4.97. The monoisotopic (exact) mass is 363 g/mol. The van der Waals surface area contributed by atoms with Gasteiger partial charge in [-0.3, -0.25) is 0 Å². The maximum atomic E-state index is 12.8. The van der Waals surface area contributed by atoms with E-state index in [1.807, 2.05) is 30.3 Å². The van der Waals surface area contributed by atoms with E-state index < -0.39 is 17.8 Å². The van der Waals surface area contributed by atoms with Gasteiger partial charge in [0.15, 0.2) is 0 Å². The molecule has 0 radical (unpaired) electrons. The number of hydrogen-bond donors (Lipinski definition) is 1. The Morgan fingerprint density at radius 3 is 2.62 bits per heavy atom. The molecule has 0 aliphatic rings. The Balaban J connectivity index is 1.65. The van der Waals surface area contributed by atoms with E-state index >= 15 is 0 Å². The van der Waals surface area contributed by atoms with Crippen molar-refractivity contribution in [2.45, 2.75) is 19.3 Å². The third-order valence-corrected chi connectivity index (χ3v) is 3.76. The van der Waals surface area contributed by atoms with Crippen molar-refractivity contribution < 1.29 is 22.7 Å². The van der Waals surface area contributed by atoms with Gasteiger partial charge >= 0.3 is 12.3 Å². The number of rotatable bonds is 4. The number of amides is 1. The summed E-state index contributed by atoms with van der Waals surface area (Å²) in [5.74, 6) is 0.374. The molecule has 0 fully saturated rings. The Labute approximate surface area is 147 Å². The van der Waals surface area contributed by atoms with Crippen LogP contribution in [-0.4, -0.2) is 28.0 Å². The molecule has 1 heterocycles. The van der Waals surface area contributed by atoms with Gasteiger partial charge in [-0.2, -0.15) is 13.2 Å². The summed E-state index contributed by atoms with van der Waals surface area (Å²) < 4.78 is 43.5. The number of ether oxygens (including phenoxy) is 1. The first-order valence-corrected chi connectivity index (χ1v) is 7.80. The molecule has 0 aliphatic heterocycles. The number of nitrogens with one attached hydrogen (secondary N) is 1. The number of aromatic amines is 1. The fourth-order valence-corrected chi connectivity index (χ4v) is 2.43. The summed E-state index contributed by atoms with van der Waals surface area (Å²) in [5, 5.41) is 0. The first-order chi connectivity index (χ1) is 12.3. The second-order valence-corrected chi connectivity index (χ2v) is 5.81. The summed E-state index contributed by atoms with van der Waals surface area (Å²) in [5.41, 5.74) is 0.772. The lowest BCUT2D eigenvalue weighted by molar-refractivity contribution is -0.137. The van der Waals surface area contributed by atoms with Crippen LogP contribution >= 0.6 is 0 Å². The number of carbonyl (C=O) groups excluding carboxylic acids is 1. The Morgan fingerprint density at radius 1 is 1.19 bits per heavy atom. The highest BCUT2D eigenvalue weighted by Gasteiger charge is 2.30. The molecule has 0 bridgehead atoms. The van der Waals surface area contributed by atoms with Crippen molar-refractivity contribution in [3.63, 3.8) is 0 Å². The van der Waals surface area contributed by atoms with Gasteiger partial charge in [-0.25, -0.2) is 9.78 Å². The lowest BCUT2D eigenvalue weighted by atomic mass is 10.2. The number of carbonyl (C=O) groups is 1. The van der Waals surface area contributed by atoms with Crippen LogP contribution in [0.15, 0.2) is 48.5 Å². The van der Waals surface area contributed by atoms with Crippen LogP contribution in [0, 0.1) is 0 Å². The van der Waals surface area contributed by atoms with E-state index in [4.69, 9.17) is 4.74 Å². The Hall–Kier alpha value is -3.03. The quantitative estimate of drug-likeness (QED) is 0.750. The highest BCUT2D eigenvalue weighted by atomic mass is 19.4. The van der Waals surface area contributed by atoms with Crippen molar-refractivity contribution in [1.82, 2.24) is 14.9 Å². The molecule has 2 aromatic carbocycles. The molecule has 1 N–H and O–H groups in total. The number of nitrogens with zero attached hydrogens (tertiary/aromatic N) is 2. The molecule has 8 heteroatoms. The molecule has 0 aliphatic carbocycles. The topological polar surface area (TPSA) is 58.2 Å². The van der Waals surface area contributed by atoms with Crippen LogP contribution in [0.5, 0.6) is 0 Å². The third-order valence-electron chi connectivity index (χ3n) is 3.76. The Morgan fingerprint density at radius 2 is 1.92 bits per heavy atom. The molecule has 0 saturated carbocycles. The van der Waals surface area contributed by atoms with Crippen LogP contribution in [0.4, 0.5) is 18.0 Å². The van der Waals surface area contributed by atoms with E-state index in [-0.39, 0.29) is 18.7 Å². The third kappa shape index (κ3) is 4.14. The van der Waals surface area contributed by atoms with Crippen LogP contribution in [0.25, 0.3) is 11.0 Å². The highest BCUT2D eigenvalue weighted by Crippen LogP contribution is 2.30. The van der Waals surface area contributed by atoms with Gasteiger partial charge < -0.3 is 14.6 Å². The Kier molecular flexibility index (Phi) is 4.83. The minimum absolute atomic E-state index is 0.0870. The number of aromatic nitrogens is 2. The van der Waals surface area contributed by atoms with Crippen LogP contribution in [0.3, 0.4) is 0 Å². The summed E-state index contributed by atoms with van der Waals surface area (Å²) >= 11 is 0. The summed E-state index contributed by atoms with van der Waals surface area (Å²) in [7, 11) is 1.53. The zero-order valence-corrected chi connectivity index (χ0v) is 13.9. The molecule has 1 amide bonds. The van der Waals surface area contributed by atoms with Gasteiger partial charge in [0.2, 0.25) is 0 Å². The molecule has 1 aromatic heterocycles. The fraction of sp³-hybridized carbons (Fsp3) is 0.222. The largest absolute Gasteiger partial charge is 0.445 e. The van der Waals surface area contributed by atoms with Gasteiger partial charge in [0, 0.05) is 7.05 Å². The van der Waals surface area contributed by atoms with Crippen LogP contribution in [-0.2, 0) is 24.1 Å². The lowest BCUT2D eigenvalue weighted by Gasteiger charge is -2.15. The summed E-state index contributed by atoms with van der Waals surface area (Å²) in [4.78, 5) is 20.3. The standard InChI is InChI=1S/C18H16F3N3O2/c1-24(17(25)26-11-12-5-3-2-4-6-12)10-16-22-14-8-7-13(18(19,20)21)9-15(14)23-16/h2-9H,10-11H2,1H3,(H,22,23). The van der Waals surface area contributed by atoms with Crippen LogP contribution < -0.4 is 0 Å². The zero-order valence-electron chi connectivity index (χ0n) is 13.9. The fourth-order valence-electron chi connectivity index (χ4n) is 2.43. The predicted molar refractivity (Wildman–Crippen MR) is 89.2 cm³/mol. The molecule has 3 rings (SSSR count). The molecule has 3 aromatic rings. The summed E-state index contributed by atoms with van der Waals surface area (Å²) in [6.45, 7) is 0.225. The molecular formula is C18H16F3N3O2. The predicted octanol–water partition coefficient (Wildman–Crippen LogP) is 4.35. The van der Waals surface area contributed by atoms with E-state index in [0.29, 0.717) is 11.3 Å². The number of imidazole rings is 1. The van der Waals surface area contributed by atoms with E-state index in [1.54, 1.807) is 0 Å². The molecule has 0 unspecified atom stereocenters. The van der Waals surface area contributed by atoms with Crippen molar-refractivity contribution in [2.75, 3.05) is 7.05 Å². The van der Waals surface area contributed by atoms with Crippen LogP contribution in [0.2, 0.25) is 0 Å². The lowest BCUT2D eigenvalue weighted by Crippen LogP contribution is -2.27. The van der Waals surface area contributed by atoms with Crippen molar-refractivity contribution in [2.24, 2.45) is 0 Å². The number of H-pyrrole nitrogens is 1. The normalized spacial score (nSPS) is 11.5. The number of halogens is 3. The molecule has 136 valence electrons. The zero-order chi connectivity index (χ0) is 18.7. The SMILES string of the molecule is CN(Cc1nc2ccc(C(F)(F)F)cc2[nH]1)C(=O)OCc1ccccc1. The first-order valence-electron chi connectivity index (χ1n) is 7.80. The van der Waals surface area contributed by atoms with Crippen LogP contribution in [0.1, 0.15) is 17.0 Å². The number of hydrogen-bond acceptors (Lipinski definition) is 3. The summed E-state index contributed by atoms with van der Waals surface area (Å²) in [6, 6.07) is 12.5. The van der Waals surface area contributed by atoms with E-state index in [0.717, 1.165) is 17.7 Å². The van der Waals surface area contributed by atoms with Gasteiger partial charge in [-0.15, -0.1) is 0 Å². The minimum Gasteiger partial charge on any atom is -0.445 e. The van der Waals surface area contributed by atoms with Gasteiger partial charge in [-0.05, 0) is 23.8 Å². The maximum absolute atomic E-state index is 12.8. The second kappa shape index (κ2) is 7.07. The van der Waals surface area contributed by atoms with Crippen molar-refractivity contribution in [3.8, 4) is 0 Å². The van der Waals surface area contributed by atoms with E-state index in [1.165, 1.54) is 18.0 Å². The average Bonchev–Trinajstić information content (AvgIpc) is 3.01. The molecule has 0 spiro atoms. The molecule has 26 heavy (non-hydrogen) atoms. The van der Waals surface area contributed by atoms with Crippen molar-refractivity contribution in [1.29, 1.82) is 0 Å². The number of benzene rings is 2. The maximum Gasteiger partial charge on any atom is 0.416 e. The van der Waals surface area contributed by atoms with Crippen molar-refractivity contribution in [3.05, 3.63) is 65.5 Å². The minimum atomic E-state index is -4.42. The molecule has 0 saturated heterocycles. The van der Waals surface area contributed by atoms with E-state index in [9.17, 15) is 18.0 Å². The highest BCUT2D eigenvalue weighted by molar-refractivity contribution is 5.76. The molecule has 5 nitrogen and oxygen atoms in total. The smallest absolute Gasteiger partial charge is 0.416 e. The Bertz CT molecular complexity index is 907. The average molecular weight is 363 g/mol. The van der Waals surface area contributed by atoms with Gasteiger partial charge in [-0.1, -0.05) is 30.3 Å². The van der Waals surface area contributed by atoms with Gasteiger partial charge in [0.1, 0.15) is 12.4 Å². The molecular weight excluding hydrogens is 347 g/mol. The van der Waals surface area contributed by atoms with Gasteiger partial charge in [0.25, 0.3) is 0 Å².